The van der Waals surface area contributed by atoms with Gasteiger partial charge in [0.2, 0.25) is 0 Å². The van der Waals surface area contributed by atoms with Gasteiger partial charge in [-0.2, -0.15) is 0 Å². The summed E-state index contributed by atoms with van der Waals surface area (Å²) in [6.45, 7) is 3.85. The molecular formula is C12H14O3S. The fourth-order valence-electron chi connectivity index (χ4n) is 1.67. The fourth-order valence-corrected chi connectivity index (χ4v) is 2.43. The number of carboxylic acid groups (broad SMARTS) is 1. The Labute approximate surface area is 98.9 Å². The first kappa shape index (κ1) is 12.8. The molecule has 0 aliphatic heterocycles. The average Bonchev–Trinajstić information content (AvgIpc) is 2.16. The maximum atomic E-state index is 11.6. The molecule has 0 fully saturated rings. The summed E-state index contributed by atoms with van der Waals surface area (Å²) < 4.78 is 0. The topological polar surface area (TPSA) is 54.4 Å². The third kappa shape index (κ3) is 2.85. The van der Waals surface area contributed by atoms with Crippen molar-refractivity contribution in [2.75, 3.05) is 6.26 Å². The van der Waals surface area contributed by atoms with Crippen LogP contribution in [0.4, 0.5) is 0 Å². The molecule has 0 atom stereocenters. The molecule has 0 heterocycles. The van der Waals surface area contributed by atoms with Crippen LogP contribution in [-0.2, 0) is 4.79 Å². The SMILES string of the molecule is CSc1c(C)cc(C(=O)CC(=O)O)cc1C. The summed E-state index contributed by atoms with van der Waals surface area (Å²) in [5, 5.41) is 8.56. The van der Waals surface area contributed by atoms with Crippen LogP contribution in [0.2, 0.25) is 0 Å². The van der Waals surface area contributed by atoms with E-state index in [0.717, 1.165) is 16.0 Å². The van der Waals surface area contributed by atoms with E-state index in [2.05, 4.69) is 0 Å². The lowest BCUT2D eigenvalue weighted by atomic mass is 10.0. The quantitative estimate of drug-likeness (QED) is 0.498. The third-order valence-electron chi connectivity index (χ3n) is 2.30. The molecule has 0 saturated heterocycles. The number of thioether (sulfide) groups is 1. The summed E-state index contributed by atoms with van der Waals surface area (Å²) in [5.41, 5.74) is 2.51. The van der Waals surface area contributed by atoms with Crippen LogP contribution < -0.4 is 0 Å². The van der Waals surface area contributed by atoms with Crippen molar-refractivity contribution in [2.24, 2.45) is 0 Å². The van der Waals surface area contributed by atoms with Gasteiger partial charge in [-0.3, -0.25) is 9.59 Å². The average molecular weight is 238 g/mol. The Balaban J connectivity index is 3.08. The van der Waals surface area contributed by atoms with Crippen molar-refractivity contribution in [2.45, 2.75) is 25.2 Å². The van der Waals surface area contributed by atoms with E-state index in [1.165, 1.54) is 0 Å². The van der Waals surface area contributed by atoms with Gasteiger partial charge in [-0.25, -0.2) is 0 Å². The number of rotatable bonds is 4. The number of Topliss-reactive ketones (excluding diaryl/α,β-unsaturated/α-hetero) is 1. The highest BCUT2D eigenvalue weighted by Crippen LogP contribution is 2.25. The number of aryl methyl sites for hydroxylation is 2. The van der Waals surface area contributed by atoms with Crippen molar-refractivity contribution in [1.82, 2.24) is 0 Å². The van der Waals surface area contributed by atoms with Crippen LogP contribution in [0.1, 0.15) is 27.9 Å². The molecule has 0 unspecified atom stereocenters. The van der Waals surface area contributed by atoms with Crippen LogP contribution in [-0.4, -0.2) is 23.1 Å². The smallest absolute Gasteiger partial charge is 0.311 e. The summed E-state index contributed by atoms with van der Waals surface area (Å²) >= 11 is 1.63. The number of hydrogen-bond donors (Lipinski definition) is 1. The van der Waals surface area contributed by atoms with Crippen molar-refractivity contribution in [3.05, 3.63) is 28.8 Å². The Morgan fingerprint density at radius 2 is 1.75 bits per heavy atom. The second kappa shape index (κ2) is 5.16. The van der Waals surface area contributed by atoms with Crippen LogP contribution in [0, 0.1) is 13.8 Å². The molecule has 3 nitrogen and oxygen atoms in total. The van der Waals surface area contributed by atoms with Gasteiger partial charge in [0.25, 0.3) is 0 Å². The molecule has 1 aromatic carbocycles. The van der Waals surface area contributed by atoms with Crippen LogP contribution in [0.15, 0.2) is 17.0 Å². The van der Waals surface area contributed by atoms with Crippen molar-refractivity contribution in [1.29, 1.82) is 0 Å². The van der Waals surface area contributed by atoms with Gasteiger partial charge in [-0.05, 0) is 43.4 Å². The first-order chi connectivity index (χ1) is 7.45. The summed E-state index contributed by atoms with van der Waals surface area (Å²) in [4.78, 5) is 23.2. The minimum atomic E-state index is -1.09. The molecule has 0 aliphatic carbocycles. The normalized spacial score (nSPS) is 10.2. The van der Waals surface area contributed by atoms with Gasteiger partial charge >= 0.3 is 5.97 Å². The Morgan fingerprint density at radius 1 is 1.25 bits per heavy atom. The largest absolute Gasteiger partial charge is 0.481 e. The predicted molar refractivity (Wildman–Crippen MR) is 64.3 cm³/mol. The van der Waals surface area contributed by atoms with E-state index < -0.39 is 12.4 Å². The first-order valence-corrected chi connectivity index (χ1v) is 6.08. The second-order valence-electron chi connectivity index (χ2n) is 3.64. The molecule has 0 aliphatic rings. The monoisotopic (exact) mass is 238 g/mol. The molecule has 0 spiro atoms. The highest BCUT2D eigenvalue weighted by Gasteiger charge is 2.13. The molecular weight excluding hydrogens is 224 g/mol. The molecule has 1 N–H and O–H groups in total. The van der Waals surface area contributed by atoms with E-state index in [9.17, 15) is 9.59 Å². The van der Waals surface area contributed by atoms with E-state index >= 15 is 0 Å². The van der Waals surface area contributed by atoms with E-state index in [4.69, 9.17) is 5.11 Å². The second-order valence-corrected chi connectivity index (χ2v) is 4.45. The maximum Gasteiger partial charge on any atom is 0.311 e. The summed E-state index contributed by atoms with van der Waals surface area (Å²) in [6, 6.07) is 3.51. The van der Waals surface area contributed by atoms with Gasteiger partial charge in [-0.1, -0.05) is 0 Å². The third-order valence-corrected chi connectivity index (χ3v) is 3.35. The van der Waals surface area contributed by atoms with Gasteiger partial charge in [0.1, 0.15) is 6.42 Å². The molecule has 0 amide bonds. The number of aliphatic carboxylic acids is 1. The minimum absolute atomic E-state index is 0.341. The highest BCUT2D eigenvalue weighted by molar-refractivity contribution is 7.98. The summed E-state index contributed by atoms with van der Waals surface area (Å²) in [5.74, 6) is -1.43. The molecule has 86 valence electrons. The van der Waals surface area contributed by atoms with E-state index in [0.29, 0.717) is 5.56 Å². The number of carbonyl (C=O) groups is 2. The molecule has 0 bridgehead atoms. The standard InChI is InChI=1S/C12H14O3S/c1-7-4-9(10(13)6-11(14)15)5-8(2)12(7)16-3/h4-5H,6H2,1-3H3,(H,14,15). The Hall–Kier alpha value is -1.29. The van der Waals surface area contributed by atoms with Crippen molar-refractivity contribution < 1.29 is 14.7 Å². The molecule has 1 rings (SSSR count). The number of carbonyl (C=O) groups excluding carboxylic acids is 1. The Morgan fingerprint density at radius 3 is 2.12 bits per heavy atom. The Bertz CT molecular complexity index is 415. The highest BCUT2D eigenvalue weighted by atomic mass is 32.2. The van der Waals surface area contributed by atoms with Crippen molar-refractivity contribution in [3.8, 4) is 0 Å². The number of hydrogen-bond acceptors (Lipinski definition) is 3. The van der Waals surface area contributed by atoms with Gasteiger partial charge in [0.15, 0.2) is 5.78 Å². The van der Waals surface area contributed by atoms with Crippen LogP contribution >= 0.6 is 11.8 Å². The molecule has 1 aromatic rings. The maximum absolute atomic E-state index is 11.6. The lowest BCUT2D eigenvalue weighted by Crippen LogP contribution is -2.07. The zero-order chi connectivity index (χ0) is 12.3. The number of benzene rings is 1. The first-order valence-electron chi connectivity index (χ1n) is 4.86. The summed E-state index contributed by atoms with van der Waals surface area (Å²) in [6.07, 6.45) is 1.53. The lowest BCUT2D eigenvalue weighted by Gasteiger charge is -2.09. The minimum Gasteiger partial charge on any atom is -0.481 e. The fraction of sp³-hybridized carbons (Fsp3) is 0.333. The van der Waals surface area contributed by atoms with Gasteiger partial charge in [0.05, 0.1) is 0 Å². The van der Waals surface area contributed by atoms with E-state index in [1.807, 2.05) is 20.1 Å². The molecule has 16 heavy (non-hydrogen) atoms. The predicted octanol–water partition coefficient (Wildman–Crippen LogP) is 2.68. The van der Waals surface area contributed by atoms with Gasteiger partial charge < -0.3 is 5.11 Å². The van der Waals surface area contributed by atoms with Crippen molar-refractivity contribution in [3.63, 3.8) is 0 Å². The van der Waals surface area contributed by atoms with Gasteiger partial charge in [0, 0.05) is 10.5 Å². The Kier molecular flexibility index (Phi) is 4.12. The molecule has 0 saturated carbocycles. The van der Waals surface area contributed by atoms with E-state index in [1.54, 1.807) is 23.9 Å². The zero-order valence-electron chi connectivity index (χ0n) is 9.53. The van der Waals surface area contributed by atoms with Gasteiger partial charge in [-0.15, -0.1) is 11.8 Å². The van der Waals surface area contributed by atoms with E-state index in [-0.39, 0.29) is 5.78 Å². The summed E-state index contributed by atoms with van der Waals surface area (Å²) in [7, 11) is 0. The van der Waals surface area contributed by atoms with Crippen LogP contribution in [0.3, 0.4) is 0 Å². The zero-order valence-corrected chi connectivity index (χ0v) is 10.4. The number of ketones is 1. The van der Waals surface area contributed by atoms with Crippen LogP contribution in [0.5, 0.6) is 0 Å². The molecule has 4 heteroatoms. The lowest BCUT2D eigenvalue weighted by molar-refractivity contribution is -0.135. The molecule has 0 aromatic heterocycles. The number of carboxylic acids is 1. The molecule has 0 radical (unpaired) electrons. The van der Waals surface area contributed by atoms with Crippen molar-refractivity contribution >= 4 is 23.5 Å². The van der Waals surface area contributed by atoms with Crippen LogP contribution in [0.25, 0.3) is 0 Å².